The Labute approximate surface area is 94.4 Å². The summed E-state index contributed by atoms with van der Waals surface area (Å²) in [5, 5.41) is 18.9. The highest BCUT2D eigenvalue weighted by atomic mass is 79.9. The molecular formula is C9H9BrO5. The van der Waals surface area contributed by atoms with E-state index < -0.39 is 17.5 Å². The lowest BCUT2D eigenvalue weighted by atomic mass is 10.2. The molecule has 0 radical (unpaired) electrons. The molecule has 0 spiro atoms. The van der Waals surface area contributed by atoms with Crippen LogP contribution in [0.4, 0.5) is 0 Å². The lowest BCUT2D eigenvalue weighted by Crippen LogP contribution is -2.03. The molecule has 0 amide bonds. The number of rotatable bonds is 2. The minimum atomic E-state index is -0.643. The van der Waals surface area contributed by atoms with E-state index in [0.717, 1.165) is 0 Å². The summed E-state index contributed by atoms with van der Waals surface area (Å²) in [7, 11) is 2.52. The van der Waals surface area contributed by atoms with Crippen LogP contribution in [0.5, 0.6) is 17.2 Å². The highest BCUT2D eigenvalue weighted by molar-refractivity contribution is 9.10. The molecule has 2 N–H and O–H groups in total. The van der Waals surface area contributed by atoms with Crippen molar-refractivity contribution in [2.24, 2.45) is 0 Å². The van der Waals surface area contributed by atoms with Gasteiger partial charge in [0.2, 0.25) is 5.75 Å². The number of benzene rings is 1. The van der Waals surface area contributed by atoms with Gasteiger partial charge >= 0.3 is 5.97 Å². The average Bonchev–Trinajstić information content (AvgIpc) is 2.25. The van der Waals surface area contributed by atoms with Gasteiger partial charge in [-0.3, -0.25) is 0 Å². The van der Waals surface area contributed by atoms with Crippen molar-refractivity contribution in [2.45, 2.75) is 0 Å². The lowest BCUT2D eigenvalue weighted by molar-refractivity contribution is 0.0598. The van der Waals surface area contributed by atoms with Crippen molar-refractivity contribution < 1.29 is 24.5 Å². The molecule has 0 atom stereocenters. The van der Waals surface area contributed by atoms with Crippen molar-refractivity contribution in [2.75, 3.05) is 14.2 Å². The fourth-order valence-electron chi connectivity index (χ4n) is 1.03. The number of ether oxygens (including phenoxy) is 2. The van der Waals surface area contributed by atoms with Crippen LogP contribution in [-0.2, 0) is 4.74 Å². The molecule has 0 unspecified atom stereocenters. The smallest absolute Gasteiger partial charge is 0.339 e. The first-order valence-electron chi connectivity index (χ1n) is 3.89. The van der Waals surface area contributed by atoms with E-state index in [9.17, 15) is 15.0 Å². The van der Waals surface area contributed by atoms with Crippen molar-refractivity contribution in [3.05, 3.63) is 16.1 Å². The summed E-state index contributed by atoms with van der Waals surface area (Å²) in [6.45, 7) is 0. The Morgan fingerprint density at radius 2 is 1.93 bits per heavy atom. The van der Waals surface area contributed by atoms with Crippen molar-refractivity contribution in [3.63, 3.8) is 0 Å². The quantitative estimate of drug-likeness (QED) is 0.635. The van der Waals surface area contributed by atoms with Gasteiger partial charge in [-0.15, -0.1) is 0 Å². The number of aromatic hydroxyl groups is 2. The highest BCUT2D eigenvalue weighted by Crippen LogP contribution is 2.43. The van der Waals surface area contributed by atoms with E-state index in [-0.39, 0.29) is 15.8 Å². The van der Waals surface area contributed by atoms with Gasteiger partial charge < -0.3 is 19.7 Å². The lowest BCUT2D eigenvalue weighted by Gasteiger charge is -2.10. The van der Waals surface area contributed by atoms with Crippen LogP contribution in [-0.4, -0.2) is 30.4 Å². The molecule has 0 aliphatic rings. The number of hydrogen-bond donors (Lipinski definition) is 2. The average molecular weight is 277 g/mol. The van der Waals surface area contributed by atoms with Crippen LogP contribution in [0.2, 0.25) is 0 Å². The minimum absolute atomic E-state index is 0.00361. The molecule has 0 aliphatic carbocycles. The highest BCUT2D eigenvalue weighted by Gasteiger charge is 2.20. The first-order chi connectivity index (χ1) is 7.02. The summed E-state index contributed by atoms with van der Waals surface area (Å²) in [4.78, 5) is 11.3. The van der Waals surface area contributed by atoms with E-state index in [4.69, 9.17) is 4.74 Å². The second kappa shape index (κ2) is 4.39. The van der Waals surface area contributed by atoms with Crippen LogP contribution in [0.1, 0.15) is 10.4 Å². The summed E-state index contributed by atoms with van der Waals surface area (Å²) in [5.41, 5.74) is 0.0738. The SMILES string of the molecule is COC(=O)c1cc(OC)c(O)c(O)c1Br. The maximum absolute atomic E-state index is 11.3. The van der Waals surface area contributed by atoms with Crippen molar-refractivity contribution in [1.82, 2.24) is 0 Å². The van der Waals surface area contributed by atoms with E-state index in [1.54, 1.807) is 0 Å². The fourth-order valence-corrected chi connectivity index (χ4v) is 1.49. The van der Waals surface area contributed by atoms with Gasteiger partial charge in [-0.25, -0.2) is 4.79 Å². The summed E-state index contributed by atoms with van der Waals surface area (Å²) in [6, 6.07) is 1.27. The molecule has 1 aromatic carbocycles. The normalized spacial score (nSPS) is 9.80. The van der Waals surface area contributed by atoms with Crippen molar-refractivity contribution in [1.29, 1.82) is 0 Å². The minimum Gasteiger partial charge on any atom is -0.503 e. The van der Waals surface area contributed by atoms with Gasteiger partial charge in [0, 0.05) is 0 Å². The van der Waals surface area contributed by atoms with Gasteiger partial charge in [-0.2, -0.15) is 0 Å². The van der Waals surface area contributed by atoms with Crippen LogP contribution in [0, 0.1) is 0 Å². The third kappa shape index (κ3) is 1.99. The van der Waals surface area contributed by atoms with Gasteiger partial charge in [0.15, 0.2) is 11.5 Å². The van der Waals surface area contributed by atoms with Crippen LogP contribution in [0.15, 0.2) is 10.5 Å². The number of phenolic OH excluding ortho intramolecular Hbond substituents is 2. The van der Waals surface area contributed by atoms with Crippen molar-refractivity contribution in [3.8, 4) is 17.2 Å². The van der Waals surface area contributed by atoms with Crippen molar-refractivity contribution >= 4 is 21.9 Å². The van der Waals surface area contributed by atoms with Gasteiger partial charge in [0.25, 0.3) is 0 Å². The third-order valence-electron chi connectivity index (χ3n) is 1.80. The number of hydrogen-bond acceptors (Lipinski definition) is 5. The summed E-state index contributed by atoms with van der Waals surface area (Å²) >= 11 is 2.97. The number of carbonyl (C=O) groups excluding carboxylic acids is 1. The fraction of sp³-hybridized carbons (Fsp3) is 0.222. The number of carbonyl (C=O) groups is 1. The van der Waals surface area contributed by atoms with Gasteiger partial charge in [0.1, 0.15) is 0 Å². The van der Waals surface area contributed by atoms with Gasteiger partial charge in [-0.05, 0) is 22.0 Å². The van der Waals surface area contributed by atoms with Crippen LogP contribution in [0.3, 0.4) is 0 Å². The third-order valence-corrected chi connectivity index (χ3v) is 2.61. The predicted octanol–water partition coefficient (Wildman–Crippen LogP) is 1.66. The monoisotopic (exact) mass is 276 g/mol. The zero-order chi connectivity index (χ0) is 11.6. The maximum atomic E-state index is 11.3. The Balaban J connectivity index is 3.41. The Morgan fingerprint density at radius 3 is 2.40 bits per heavy atom. The molecule has 0 aliphatic heterocycles. The number of halogens is 1. The molecule has 0 fully saturated rings. The van der Waals surface area contributed by atoms with Crippen LogP contribution in [0.25, 0.3) is 0 Å². The molecule has 82 valence electrons. The molecule has 0 bridgehead atoms. The zero-order valence-corrected chi connectivity index (χ0v) is 9.66. The van der Waals surface area contributed by atoms with Crippen LogP contribution >= 0.6 is 15.9 Å². The summed E-state index contributed by atoms with van der Waals surface area (Å²) in [6.07, 6.45) is 0. The number of methoxy groups -OCH3 is 2. The summed E-state index contributed by atoms with van der Waals surface area (Å²) in [5.74, 6) is -1.54. The van der Waals surface area contributed by atoms with Crippen LogP contribution < -0.4 is 4.74 Å². The molecule has 5 nitrogen and oxygen atoms in total. The summed E-state index contributed by atoms with van der Waals surface area (Å²) < 4.78 is 9.33. The molecule has 15 heavy (non-hydrogen) atoms. The molecule has 0 aromatic heterocycles. The molecule has 0 heterocycles. The Kier molecular flexibility index (Phi) is 3.41. The molecular weight excluding hydrogens is 268 g/mol. The molecule has 1 aromatic rings. The van der Waals surface area contributed by atoms with E-state index in [0.29, 0.717) is 0 Å². The second-order valence-corrected chi connectivity index (χ2v) is 3.42. The second-order valence-electron chi connectivity index (χ2n) is 2.63. The number of esters is 1. The maximum Gasteiger partial charge on any atom is 0.339 e. The first-order valence-corrected chi connectivity index (χ1v) is 4.69. The molecule has 1 rings (SSSR count). The molecule has 0 saturated carbocycles. The first kappa shape index (κ1) is 11.6. The van der Waals surface area contributed by atoms with E-state index in [1.807, 2.05) is 0 Å². The Hall–Kier alpha value is -1.43. The Bertz CT molecular complexity index is 402. The standard InChI is InChI=1S/C9H9BrO5/c1-14-5-3-4(9(13)15-2)6(10)8(12)7(5)11/h3,11-12H,1-2H3. The van der Waals surface area contributed by atoms with E-state index >= 15 is 0 Å². The number of phenols is 2. The largest absolute Gasteiger partial charge is 0.503 e. The molecule has 6 heteroatoms. The molecule has 0 saturated heterocycles. The zero-order valence-electron chi connectivity index (χ0n) is 8.07. The predicted molar refractivity (Wildman–Crippen MR) is 55.4 cm³/mol. The van der Waals surface area contributed by atoms with Gasteiger partial charge in [-0.1, -0.05) is 0 Å². The Morgan fingerprint density at radius 1 is 1.33 bits per heavy atom. The topological polar surface area (TPSA) is 76.0 Å². The van der Waals surface area contributed by atoms with E-state index in [2.05, 4.69) is 20.7 Å². The van der Waals surface area contributed by atoms with Gasteiger partial charge in [0.05, 0.1) is 24.3 Å². The van der Waals surface area contributed by atoms with E-state index in [1.165, 1.54) is 20.3 Å².